The van der Waals surface area contributed by atoms with E-state index < -0.39 is 63.1 Å². The Bertz CT molecular complexity index is 1820. The maximum Gasteiger partial charge on any atom is 0.472 e. The lowest BCUT2D eigenvalue weighted by molar-refractivity contribution is -0.220. The van der Waals surface area contributed by atoms with Crippen LogP contribution in [0.5, 0.6) is 0 Å². The van der Waals surface area contributed by atoms with Crippen LogP contribution < -0.4 is 0 Å². The van der Waals surface area contributed by atoms with Gasteiger partial charge in [0.05, 0.1) is 13.2 Å². The Balaban J connectivity index is 2.41. The minimum atomic E-state index is -5.06. The summed E-state index contributed by atoms with van der Waals surface area (Å²) in [7, 11) is -5.06. The molecule has 13 heteroatoms. The molecule has 6 unspecified atom stereocenters. The molecule has 0 aromatic carbocycles. The van der Waals surface area contributed by atoms with E-state index in [-0.39, 0.29) is 13.0 Å². The van der Waals surface area contributed by atoms with Crippen LogP contribution in [0, 0.1) is 0 Å². The number of phosphoric ester groups is 1. The van der Waals surface area contributed by atoms with E-state index in [4.69, 9.17) is 18.5 Å². The Morgan fingerprint density at radius 3 is 1.14 bits per heavy atom. The predicted octanol–water partition coefficient (Wildman–Crippen LogP) is 13.1. The molecule has 1 fully saturated rings. The molecule has 0 saturated heterocycles. The molecule has 1 aliphatic rings. The van der Waals surface area contributed by atoms with Crippen molar-refractivity contribution in [1.82, 2.24) is 0 Å². The molecule has 1 aliphatic carbocycles. The Labute approximate surface area is 446 Å². The fourth-order valence-corrected chi connectivity index (χ4v) is 8.13. The van der Waals surface area contributed by atoms with Crippen LogP contribution in [0.3, 0.4) is 0 Å². The van der Waals surface area contributed by atoms with Crippen molar-refractivity contribution in [3.8, 4) is 0 Å². The number of unbranched alkanes of at least 4 members (excludes halogenated alkanes) is 6. The van der Waals surface area contributed by atoms with E-state index in [1.165, 1.54) is 0 Å². The van der Waals surface area contributed by atoms with Gasteiger partial charge in [-0.2, -0.15) is 0 Å². The number of carbonyl (C=O) groups is 1. The average molecular weight is 1050 g/mol. The standard InChI is InChI=1S/C61H95O12P/c1-3-5-7-9-11-13-15-17-19-21-23-25-27-29-31-33-35-37-39-41-43-45-47-49-51-70-52-54(53-71-74(68,69)73-61-59(66)57(64)56(63)58(65)60(61)67)72-55(62)50-48-46-44-42-40-38-36-34-32-30-28-26-24-22-20-18-16-14-12-10-8-6-4-2/h5-8,11-14,17-20,23-26,29-32,35-38,41,43,54,56-61,63-67H,3-4,9-10,15-16,21-22,27-28,33-34,39-40,42,44-53H2,1-2H3,(H,68,69)/b7-5-,8-6-,13-11-,14-12-,19-17-,20-18-,25-23-,26-24-,31-29-,32-30-,37-35-,38-36-,43-41-. The molecule has 0 amide bonds. The molecule has 1 saturated carbocycles. The molecule has 0 bridgehead atoms. The maximum absolute atomic E-state index is 12.9. The van der Waals surface area contributed by atoms with Crippen LogP contribution >= 0.6 is 7.82 Å². The highest BCUT2D eigenvalue weighted by molar-refractivity contribution is 7.47. The van der Waals surface area contributed by atoms with Gasteiger partial charge in [0.15, 0.2) is 0 Å². The molecule has 416 valence electrons. The van der Waals surface area contributed by atoms with Crippen molar-refractivity contribution in [2.45, 2.75) is 198 Å². The normalized spacial score (nSPS) is 21.7. The van der Waals surface area contributed by atoms with Crippen LogP contribution in [0.2, 0.25) is 0 Å². The highest BCUT2D eigenvalue weighted by atomic mass is 31.2. The summed E-state index contributed by atoms with van der Waals surface area (Å²) in [5.41, 5.74) is 0. The first-order chi connectivity index (χ1) is 36.0. The van der Waals surface area contributed by atoms with E-state index in [1.54, 1.807) is 0 Å². The van der Waals surface area contributed by atoms with Crippen molar-refractivity contribution in [2.75, 3.05) is 19.8 Å². The fraction of sp³-hybridized carbons (Fsp3) is 0.557. The van der Waals surface area contributed by atoms with Gasteiger partial charge in [-0.15, -0.1) is 0 Å². The van der Waals surface area contributed by atoms with Gasteiger partial charge < -0.3 is 39.9 Å². The number of phosphoric acid groups is 1. The van der Waals surface area contributed by atoms with Crippen LogP contribution in [0.4, 0.5) is 0 Å². The molecule has 6 atom stereocenters. The molecular formula is C61H95O12P. The number of allylic oxidation sites excluding steroid dienone is 26. The van der Waals surface area contributed by atoms with Gasteiger partial charge in [0.25, 0.3) is 0 Å². The quantitative estimate of drug-likeness (QED) is 0.0147. The summed E-state index contributed by atoms with van der Waals surface area (Å²) in [4.78, 5) is 23.3. The second-order valence-corrected chi connectivity index (χ2v) is 19.4. The highest BCUT2D eigenvalue weighted by Gasteiger charge is 2.51. The third kappa shape index (κ3) is 39.4. The number of hydrogen-bond donors (Lipinski definition) is 6. The van der Waals surface area contributed by atoms with Crippen molar-refractivity contribution in [3.05, 3.63) is 158 Å². The number of hydrogen-bond acceptors (Lipinski definition) is 11. The first-order valence-electron chi connectivity index (χ1n) is 27.3. The number of aliphatic hydroxyl groups is 5. The Morgan fingerprint density at radius 2 is 0.757 bits per heavy atom. The van der Waals surface area contributed by atoms with Crippen LogP contribution in [-0.2, 0) is 27.9 Å². The lowest BCUT2D eigenvalue weighted by Gasteiger charge is -2.41. The van der Waals surface area contributed by atoms with Crippen molar-refractivity contribution in [3.63, 3.8) is 0 Å². The van der Waals surface area contributed by atoms with E-state index in [0.717, 1.165) is 128 Å². The first-order valence-corrected chi connectivity index (χ1v) is 28.8. The first kappa shape index (κ1) is 68.0. The summed E-state index contributed by atoms with van der Waals surface area (Å²) in [6.07, 6.45) is 63.0. The molecule has 0 aromatic heterocycles. The molecule has 12 nitrogen and oxygen atoms in total. The number of aliphatic hydroxyl groups excluding tert-OH is 5. The highest BCUT2D eigenvalue weighted by Crippen LogP contribution is 2.47. The lowest BCUT2D eigenvalue weighted by Crippen LogP contribution is -2.64. The zero-order valence-electron chi connectivity index (χ0n) is 44.8. The Hall–Kier alpha value is -4.04. The molecule has 1 rings (SSSR count). The van der Waals surface area contributed by atoms with Gasteiger partial charge in [-0.1, -0.05) is 185 Å². The molecule has 74 heavy (non-hydrogen) atoms. The number of esters is 1. The summed E-state index contributed by atoms with van der Waals surface area (Å²) in [6, 6.07) is 0. The smallest absolute Gasteiger partial charge is 0.457 e. The van der Waals surface area contributed by atoms with Gasteiger partial charge in [-0.3, -0.25) is 13.8 Å². The van der Waals surface area contributed by atoms with Gasteiger partial charge in [0.2, 0.25) is 0 Å². The molecule has 0 radical (unpaired) electrons. The SMILES string of the molecule is CC/C=C\C/C=C\C/C=C\C/C=C\C/C=C\C/C=C\C/C=C\CCCCOCC(COP(=O)(O)OC1C(O)C(O)C(O)C(O)C1O)OC(=O)CCCCCC/C=C\C/C=C\C/C=C\C/C=C\C/C=C\C/C=C\CC. The molecule has 0 aromatic rings. The zero-order chi connectivity index (χ0) is 54.0. The maximum atomic E-state index is 12.9. The van der Waals surface area contributed by atoms with Gasteiger partial charge in [0.1, 0.15) is 42.7 Å². The van der Waals surface area contributed by atoms with E-state index in [0.29, 0.717) is 13.0 Å². The lowest BCUT2D eigenvalue weighted by atomic mass is 9.85. The number of rotatable bonds is 44. The van der Waals surface area contributed by atoms with Crippen molar-refractivity contribution >= 4 is 13.8 Å². The van der Waals surface area contributed by atoms with Crippen LogP contribution in [-0.4, -0.2) is 98.9 Å². The van der Waals surface area contributed by atoms with E-state index >= 15 is 0 Å². The third-order valence-corrected chi connectivity index (χ3v) is 12.4. The minimum absolute atomic E-state index is 0.130. The average Bonchev–Trinajstić information content (AvgIpc) is 3.39. The summed E-state index contributed by atoms with van der Waals surface area (Å²) in [5, 5.41) is 50.4. The van der Waals surface area contributed by atoms with Crippen molar-refractivity contribution < 1.29 is 58.3 Å². The third-order valence-electron chi connectivity index (χ3n) is 11.4. The van der Waals surface area contributed by atoms with Crippen LogP contribution in [0.1, 0.15) is 155 Å². The van der Waals surface area contributed by atoms with E-state index in [9.17, 15) is 39.8 Å². The number of ether oxygens (including phenoxy) is 2. The fourth-order valence-electron chi connectivity index (χ4n) is 7.16. The predicted molar refractivity (Wildman–Crippen MR) is 303 cm³/mol. The minimum Gasteiger partial charge on any atom is -0.457 e. The topological polar surface area (TPSA) is 192 Å². The van der Waals surface area contributed by atoms with Crippen LogP contribution in [0.15, 0.2) is 158 Å². The Kier molecular flexibility index (Phi) is 44.6. The largest absolute Gasteiger partial charge is 0.472 e. The molecular weight excluding hydrogens is 956 g/mol. The van der Waals surface area contributed by atoms with Gasteiger partial charge >= 0.3 is 13.8 Å². The molecule has 6 N–H and O–H groups in total. The number of carbonyl (C=O) groups excluding carboxylic acids is 1. The molecule has 0 aliphatic heterocycles. The monoisotopic (exact) mass is 1050 g/mol. The van der Waals surface area contributed by atoms with E-state index in [1.807, 2.05) is 0 Å². The second kappa shape index (κ2) is 48.6. The zero-order valence-corrected chi connectivity index (χ0v) is 45.7. The van der Waals surface area contributed by atoms with Crippen LogP contribution in [0.25, 0.3) is 0 Å². The van der Waals surface area contributed by atoms with Gasteiger partial charge in [-0.25, -0.2) is 4.57 Å². The van der Waals surface area contributed by atoms with E-state index in [2.05, 4.69) is 172 Å². The second-order valence-electron chi connectivity index (χ2n) is 18.0. The molecule has 0 heterocycles. The summed E-state index contributed by atoms with van der Waals surface area (Å²) < 4.78 is 34.3. The molecule has 0 spiro atoms. The van der Waals surface area contributed by atoms with Crippen molar-refractivity contribution in [1.29, 1.82) is 0 Å². The summed E-state index contributed by atoms with van der Waals surface area (Å²) >= 11 is 0. The van der Waals surface area contributed by atoms with Gasteiger partial charge in [0, 0.05) is 13.0 Å². The van der Waals surface area contributed by atoms with Crippen molar-refractivity contribution in [2.24, 2.45) is 0 Å². The van der Waals surface area contributed by atoms with Gasteiger partial charge in [-0.05, 0) is 122 Å². The summed E-state index contributed by atoms with van der Waals surface area (Å²) in [5.74, 6) is -0.525. The Morgan fingerprint density at radius 1 is 0.432 bits per heavy atom. The summed E-state index contributed by atoms with van der Waals surface area (Å²) in [6.45, 7) is 3.88.